The summed E-state index contributed by atoms with van der Waals surface area (Å²) in [5.41, 5.74) is 0.659. The molecule has 1 N–H and O–H groups in total. The van der Waals surface area contributed by atoms with E-state index in [-0.39, 0.29) is 12.3 Å². The average molecular weight is 265 g/mol. The molecule has 1 amide bonds. The summed E-state index contributed by atoms with van der Waals surface area (Å²) in [7, 11) is 3.23. The molecule has 0 fully saturated rings. The first-order valence-corrected chi connectivity index (χ1v) is 6.11. The van der Waals surface area contributed by atoms with Crippen molar-refractivity contribution in [2.24, 2.45) is 0 Å². The minimum atomic E-state index is -0.998. The molecule has 0 aromatic heterocycles. The smallest absolute Gasteiger partial charge is 0.304 e. The van der Waals surface area contributed by atoms with Crippen molar-refractivity contribution in [3.63, 3.8) is 0 Å². The first-order valence-electron chi connectivity index (χ1n) is 6.11. The van der Waals surface area contributed by atoms with Gasteiger partial charge in [0.05, 0.1) is 18.9 Å². The van der Waals surface area contributed by atoms with Gasteiger partial charge in [-0.05, 0) is 24.6 Å². The van der Waals surface area contributed by atoms with Gasteiger partial charge in [-0.15, -0.1) is 0 Å². The summed E-state index contributed by atoms with van der Waals surface area (Å²) in [5.74, 6) is -1.27. The maximum absolute atomic E-state index is 12.1. The zero-order valence-corrected chi connectivity index (χ0v) is 11.4. The maximum Gasteiger partial charge on any atom is 0.304 e. The molecule has 0 saturated heterocycles. The number of carboxylic acids is 1. The number of amides is 1. The number of carbonyl (C=O) groups excluding carboxylic acids is 1. The number of carbonyl (C=O) groups is 2. The molecular formula is C14H19NO4. The third kappa shape index (κ3) is 4.28. The van der Waals surface area contributed by atoms with Gasteiger partial charge in [0.1, 0.15) is 5.75 Å². The van der Waals surface area contributed by atoms with Crippen molar-refractivity contribution in [2.75, 3.05) is 20.7 Å². The molecule has 0 spiro atoms. The Morgan fingerprint density at radius 1 is 1.37 bits per heavy atom. The molecule has 1 rings (SSSR count). The van der Waals surface area contributed by atoms with Gasteiger partial charge in [-0.25, -0.2) is 0 Å². The fraction of sp³-hybridized carbons (Fsp3) is 0.429. The van der Waals surface area contributed by atoms with Crippen LogP contribution in [0.4, 0.5) is 0 Å². The Morgan fingerprint density at radius 2 is 2.05 bits per heavy atom. The molecule has 1 aromatic rings. The topological polar surface area (TPSA) is 66.8 Å². The van der Waals surface area contributed by atoms with E-state index in [9.17, 15) is 9.59 Å². The van der Waals surface area contributed by atoms with Gasteiger partial charge in [-0.3, -0.25) is 9.59 Å². The van der Waals surface area contributed by atoms with E-state index in [0.29, 0.717) is 17.9 Å². The first kappa shape index (κ1) is 15.0. The van der Waals surface area contributed by atoms with Gasteiger partial charge in [-0.1, -0.05) is 12.1 Å². The van der Waals surface area contributed by atoms with Gasteiger partial charge in [0.15, 0.2) is 0 Å². The van der Waals surface area contributed by atoms with Crippen LogP contribution in [0.3, 0.4) is 0 Å². The molecule has 0 saturated carbocycles. The lowest BCUT2D eigenvalue weighted by Crippen LogP contribution is -2.29. The summed E-state index contributed by atoms with van der Waals surface area (Å²) < 4.78 is 5.37. The van der Waals surface area contributed by atoms with E-state index in [0.717, 1.165) is 0 Å². The van der Waals surface area contributed by atoms with Crippen molar-refractivity contribution < 1.29 is 19.4 Å². The van der Waals surface area contributed by atoms with E-state index < -0.39 is 11.9 Å². The second kappa shape index (κ2) is 6.78. The Kier molecular flexibility index (Phi) is 5.36. The predicted molar refractivity (Wildman–Crippen MR) is 71.3 cm³/mol. The molecule has 5 nitrogen and oxygen atoms in total. The lowest BCUT2D eigenvalue weighted by Gasteiger charge is -2.20. The van der Waals surface area contributed by atoms with E-state index >= 15 is 0 Å². The van der Waals surface area contributed by atoms with Crippen molar-refractivity contribution in [3.8, 4) is 5.75 Å². The number of nitrogens with zero attached hydrogens (tertiary/aromatic N) is 1. The van der Waals surface area contributed by atoms with Crippen molar-refractivity contribution in [3.05, 3.63) is 29.8 Å². The average Bonchev–Trinajstić information content (AvgIpc) is 2.35. The highest BCUT2D eigenvalue weighted by molar-refractivity contribution is 5.87. The Morgan fingerprint density at radius 3 is 2.58 bits per heavy atom. The molecule has 1 aromatic carbocycles. The van der Waals surface area contributed by atoms with E-state index in [4.69, 9.17) is 9.84 Å². The molecule has 0 aliphatic heterocycles. The van der Waals surface area contributed by atoms with Crippen molar-refractivity contribution in [2.45, 2.75) is 19.3 Å². The van der Waals surface area contributed by atoms with Gasteiger partial charge in [0, 0.05) is 14.1 Å². The molecule has 1 atom stereocenters. The van der Waals surface area contributed by atoms with Crippen LogP contribution in [0.2, 0.25) is 0 Å². The van der Waals surface area contributed by atoms with E-state index in [1.54, 1.807) is 38.4 Å². The van der Waals surface area contributed by atoms with Gasteiger partial charge < -0.3 is 14.7 Å². The van der Waals surface area contributed by atoms with Crippen molar-refractivity contribution in [1.82, 2.24) is 4.90 Å². The number of benzene rings is 1. The lowest BCUT2D eigenvalue weighted by atomic mass is 9.94. The zero-order chi connectivity index (χ0) is 14.4. The molecule has 19 heavy (non-hydrogen) atoms. The SMILES string of the molecule is CCOc1cccc(C(CC(=O)O)C(=O)N(C)C)c1. The number of likely N-dealkylation sites (N-methyl/N-ethyl adjacent to an activating group) is 1. The lowest BCUT2D eigenvalue weighted by molar-refractivity contribution is -0.141. The van der Waals surface area contributed by atoms with Crippen LogP contribution in [0, 0.1) is 0 Å². The van der Waals surface area contributed by atoms with Crippen LogP contribution in [0.5, 0.6) is 5.75 Å². The van der Waals surface area contributed by atoms with E-state index in [2.05, 4.69) is 0 Å². The minimum absolute atomic E-state index is 0.226. The molecule has 0 bridgehead atoms. The number of ether oxygens (including phenoxy) is 1. The number of aliphatic carboxylic acids is 1. The van der Waals surface area contributed by atoms with Crippen LogP contribution in [-0.2, 0) is 9.59 Å². The Labute approximate surface area is 112 Å². The van der Waals surface area contributed by atoms with Crippen molar-refractivity contribution in [1.29, 1.82) is 0 Å². The third-order valence-electron chi connectivity index (χ3n) is 2.69. The van der Waals surface area contributed by atoms with Crippen LogP contribution < -0.4 is 4.74 Å². The Hall–Kier alpha value is -2.04. The number of carboxylic acid groups (broad SMARTS) is 1. The van der Waals surface area contributed by atoms with Gasteiger partial charge in [0.2, 0.25) is 5.91 Å². The van der Waals surface area contributed by atoms with Crippen LogP contribution in [0.1, 0.15) is 24.8 Å². The minimum Gasteiger partial charge on any atom is -0.494 e. The largest absolute Gasteiger partial charge is 0.494 e. The second-order valence-electron chi connectivity index (χ2n) is 4.39. The third-order valence-corrected chi connectivity index (χ3v) is 2.69. The first-order chi connectivity index (χ1) is 8.95. The molecule has 5 heteroatoms. The Balaban J connectivity index is 3.05. The summed E-state index contributed by atoms with van der Waals surface area (Å²) in [6.07, 6.45) is -0.230. The summed E-state index contributed by atoms with van der Waals surface area (Å²) in [5, 5.41) is 8.95. The molecule has 1 unspecified atom stereocenters. The molecule has 0 heterocycles. The zero-order valence-electron chi connectivity index (χ0n) is 11.4. The van der Waals surface area contributed by atoms with Crippen molar-refractivity contribution >= 4 is 11.9 Å². The fourth-order valence-corrected chi connectivity index (χ4v) is 1.82. The number of hydrogen-bond donors (Lipinski definition) is 1. The summed E-state index contributed by atoms with van der Waals surface area (Å²) in [6, 6.07) is 7.01. The van der Waals surface area contributed by atoms with Crippen LogP contribution >= 0.6 is 0 Å². The maximum atomic E-state index is 12.1. The summed E-state index contributed by atoms with van der Waals surface area (Å²) in [6.45, 7) is 2.39. The van der Waals surface area contributed by atoms with Gasteiger partial charge in [-0.2, -0.15) is 0 Å². The van der Waals surface area contributed by atoms with Crippen LogP contribution in [0.25, 0.3) is 0 Å². The normalized spacial score (nSPS) is 11.7. The quantitative estimate of drug-likeness (QED) is 0.850. The summed E-state index contributed by atoms with van der Waals surface area (Å²) in [4.78, 5) is 24.4. The standard InChI is InChI=1S/C14H19NO4/c1-4-19-11-7-5-6-10(8-11)12(9-13(16)17)14(18)15(2)3/h5-8,12H,4,9H2,1-3H3,(H,16,17). The molecule has 0 aliphatic carbocycles. The molecule has 0 aliphatic rings. The van der Waals surface area contributed by atoms with E-state index in [1.807, 2.05) is 6.92 Å². The highest BCUT2D eigenvalue weighted by atomic mass is 16.5. The number of hydrogen-bond acceptors (Lipinski definition) is 3. The van der Waals surface area contributed by atoms with Crippen LogP contribution in [-0.4, -0.2) is 42.6 Å². The fourth-order valence-electron chi connectivity index (χ4n) is 1.82. The van der Waals surface area contributed by atoms with Gasteiger partial charge in [0.25, 0.3) is 0 Å². The predicted octanol–water partition coefficient (Wildman–Crippen LogP) is 1.73. The highest BCUT2D eigenvalue weighted by Crippen LogP contribution is 2.25. The Bertz CT molecular complexity index is 457. The molecule has 0 radical (unpaired) electrons. The summed E-state index contributed by atoms with van der Waals surface area (Å²) >= 11 is 0. The van der Waals surface area contributed by atoms with Crippen LogP contribution in [0.15, 0.2) is 24.3 Å². The van der Waals surface area contributed by atoms with E-state index in [1.165, 1.54) is 4.90 Å². The monoisotopic (exact) mass is 265 g/mol. The number of rotatable bonds is 6. The molecule has 104 valence electrons. The molecular weight excluding hydrogens is 246 g/mol. The second-order valence-corrected chi connectivity index (χ2v) is 4.39. The van der Waals surface area contributed by atoms with Gasteiger partial charge >= 0.3 is 5.97 Å². The highest BCUT2D eigenvalue weighted by Gasteiger charge is 2.25.